The van der Waals surface area contributed by atoms with Crippen LogP contribution in [0.5, 0.6) is 11.5 Å². The lowest BCUT2D eigenvalue weighted by Crippen LogP contribution is -2.22. The van der Waals surface area contributed by atoms with Crippen LogP contribution in [-0.4, -0.2) is 32.0 Å². The molecule has 0 saturated heterocycles. The lowest BCUT2D eigenvalue weighted by molar-refractivity contribution is -0.124. The third kappa shape index (κ3) is 5.16. The average molecular weight is 405 g/mol. The lowest BCUT2D eigenvalue weighted by atomic mass is 10.1. The molecule has 2 aromatic carbocycles. The minimum Gasteiger partial charge on any atom is -0.493 e. The summed E-state index contributed by atoms with van der Waals surface area (Å²) in [6.45, 7) is 0.216. The molecule has 1 amide bonds. The van der Waals surface area contributed by atoms with E-state index in [9.17, 15) is 10.1 Å². The quantitative estimate of drug-likeness (QED) is 0.522. The maximum Gasteiger partial charge on any atom is 0.264 e. The number of ether oxygens (including phenoxy) is 2. The normalized spacial score (nSPS) is 10.9. The number of likely N-dealkylation sites (N-methyl/N-ethyl adjacent to an activating group) is 1. The van der Waals surface area contributed by atoms with Gasteiger partial charge in [-0.25, -0.2) is 0 Å². The van der Waals surface area contributed by atoms with Crippen molar-refractivity contribution in [3.05, 3.63) is 63.1 Å². The molecule has 0 saturated carbocycles. The van der Waals surface area contributed by atoms with E-state index < -0.39 is 5.91 Å². The van der Waals surface area contributed by atoms with E-state index in [0.717, 1.165) is 5.56 Å². The number of nitriles is 1. The predicted octanol–water partition coefficient (Wildman–Crippen LogP) is 4.58. The van der Waals surface area contributed by atoms with Gasteiger partial charge in [-0.15, -0.1) is 0 Å². The summed E-state index contributed by atoms with van der Waals surface area (Å²) in [7, 11) is 4.64. The number of carbonyl (C=O) groups is 1. The van der Waals surface area contributed by atoms with Gasteiger partial charge in [-0.05, 0) is 29.8 Å². The Hall–Kier alpha value is -2.68. The van der Waals surface area contributed by atoms with E-state index in [1.807, 2.05) is 24.3 Å². The molecule has 27 heavy (non-hydrogen) atoms. The number of benzene rings is 2. The zero-order valence-corrected chi connectivity index (χ0v) is 16.6. The van der Waals surface area contributed by atoms with Crippen LogP contribution in [0.4, 0.5) is 0 Å². The average Bonchev–Trinajstić information content (AvgIpc) is 2.65. The molecule has 0 aliphatic carbocycles. The summed E-state index contributed by atoms with van der Waals surface area (Å²) in [4.78, 5) is 13.3. The van der Waals surface area contributed by atoms with E-state index in [4.69, 9.17) is 32.7 Å². The molecule has 5 nitrogen and oxygen atoms in total. The number of nitrogens with zero attached hydrogens (tertiary/aromatic N) is 2. The molecule has 0 aliphatic rings. The number of rotatable bonds is 6. The third-order valence-electron chi connectivity index (χ3n) is 3.65. The smallest absolute Gasteiger partial charge is 0.264 e. The molecular weight excluding hydrogens is 387 g/mol. The SMILES string of the molecule is COc1cc(/C=C(/C#N)C(=O)N(C)C)cc(Cl)c1OCc1ccccc1Cl. The fourth-order valence-electron chi connectivity index (χ4n) is 2.28. The van der Waals surface area contributed by atoms with Gasteiger partial charge in [-0.3, -0.25) is 4.79 Å². The first-order valence-corrected chi connectivity index (χ1v) is 8.70. The van der Waals surface area contributed by atoms with E-state index >= 15 is 0 Å². The van der Waals surface area contributed by atoms with Gasteiger partial charge in [0, 0.05) is 24.7 Å². The minimum atomic E-state index is -0.397. The Morgan fingerprint density at radius 2 is 1.93 bits per heavy atom. The molecular formula is C20H18Cl2N2O3. The van der Waals surface area contributed by atoms with Crippen LogP contribution in [0.25, 0.3) is 6.08 Å². The van der Waals surface area contributed by atoms with E-state index in [2.05, 4.69) is 0 Å². The minimum absolute atomic E-state index is 0.0112. The monoisotopic (exact) mass is 404 g/mol. The number of methoxy groups -OCH3 is 1. The van der Waals surface area contributed by atoms with Gasteiger partial charge in [0.2, 0.25) is 0 Å². The van der Waals surface area contributed by atoms with Gasteiger partial charge in [0.15, 0.2) is 11.5 Å². The maximum atomic E-state index is 12.0. The number of carbonyl (C=O) groups excluding carboxylic acids is 1. The standard InChI is InChI=1S/C20H18Cl2N2O3/c1-24(2)20(25)15(11-23)8-13-9-17(22)19(18(10-13)26-3)27-12-14-6-4-5-7-16(14)21/h4-10H,12H2,1-3H3/b15-8-. The van der Waals surface area contributed by atoms with Gasteiger partial charge < -0.3 is 14.4 Å². The van der Waals surface area contributed by atoms with E-state index in [0.29, 0.717) is 27.1 Å². The van der Waals surface area contributed by atoms with Crippen LogP contribution < -0.4 is 9.47 Å². The zero-order valence-electron chi connectivity index (χ0n) is 15.1. The van der Waals surface area contributed by atoms with Gasteiger partial charge in [-0.1, -0.05) is 41.4 Å². The molecule has 0 fully saturated rings. The Morgan fingerprint density at radius 1 is 1.22 bits per heavy atom. The number of hydrogen-bond acceptors (Lipinski definition) is 4. The van der Waals surface area contributed by atoms with Crippen LogP contribution >= 0.6 is 23.2 Å². The molecule has 7 heteroatoms. The Labute approximate surface area is 168 Å². The largest absolute Gasteiger partial charge is 0.493 e. The second kappa shape index (κ2) is 9.31. The van der Waals surface area contributed by atoms with Crippen LogP contribution in [0.15, 0.2) is 42.0 Å². The van der Waals surface area contributed by atoms with Crippen molar-refractivity contribution in [3.8, 4) is 17.6 Å². The summed E-state index contributed by atoms with van der Waals surface area (Å²) in [6, 6.07) is 12.5. The van der Waals surface area contributed by atoms with Crippen molar-refractivity contribution in [2.45, 2.75) is 6.61 Å². The highest BCUT2D eigenvalue weighted by atomic mass is 35.5. The molecule has 0 radical (unpaired) electrons. The topological polar surface area (TPSA) is 62.6 Å². The van der Waals surface area contributed by atoms with Crippen molar-refractivity contribution in [3.63, 3.8) is 0 Å². The van der Waals surface area contributed by atoms with Crippen molar-refractivity contribution >= 4 is 35.2 Å². The molecule has 0 aromatic heterocycles. The van der Waals surface area contributed by atoms with Crippen LogP contribution in [0.3, 0.4) is 0 Å². The van der Waals surface area contributed by atoms with Crippen LogP contribution in [-0.2, 0) is 11.4 Å². The predicted molar refractivity (Wildman–Crippen MR) is 106 cm³/mol. The molecule has 0 N–H and O–H groups in total. The number of halogens is 2. The van der Waals surface area contributed by atoms with Crippen LogP contribution in [0, 0.1) is 11.3 Å². The maximum absolute atomic E-state index is 12.0. The first-order valence-electron chi connectivity index (χ1n) is 7.94. The van der Waals surface area contributed by atoms with Gasteiger partial charge in [-0.2, -0.15) is 5.26 Å². The first kappa shape index (κ1) is 20.6. The second-order valence-electron chi connectivity index (χ2n) is 5.78. The fourth-order valence-corrected chi connectivity index (χ4v) is 2.74. The van der Waals surface area contributed by atoms with Gasteiger partial charge in [0.25, 0.3) is 5.91 Å². The zero-order chi connectivity index (χ0) is 20.0. The van der Waals surface area contributed by atoms with Gasteiger partial charge in [0.05, 0.1) is 12.1 Å². The fraction of sp³-hybridized carbons (Fsp3) is 0.200. The van der Waals surface area contributed by atoms with Crippen molar-refractivity contribution < 1.29 is 14.3 Å². The number of amides is 1. The summed E-state index contributed by atoms with van der Waals surface area (Å²) in [5.74, 6) is 0.343. The van der Waals surface area contributed by atoms with E-state index in [1.54, 1.807) is 32.3 Å². The van der Waals surface area contributed by atoms with E-state index in [-0.39, 0.29) is 12.2 Å². The Morgan fingerprint density at radius 3 is 2.52 bits per heavy atom. The number of hydrogen-bond donors (Lipinski definition) is 0. The molecule has 2 rings (SSSR count). The summed E-state index contributed by atoms with van der Waals surface area (Å²) in [5, 5.41) is 10.1. The molecule has 0 aliphatic heterocycles. The second-order valence-corrected chi connectivity index (χ2v) is 6.60. The summed E-state index contributed by atoms with van der Waals surface area (Å²) in [5.41, 5.74) is 1.35. The summed E-state index contributed by atoms with van der Waals surface area (Å²) >= 11 is 12.5. The van der Waals surface area contributed by atoms with Crippen LogP contribution in [0.2, 0.25) is 10.0 Å². The third-order valence-corrected chi connectivity index (χ3v) is 4.30. The highest BCUT2D eigenvalue weighted by Gasteiger charge is 2.15. The van der Waals surface area contributed by atoms with Crippen molar-refractivity contribution in [2.24, 2.45) is 0 Å². The Bertz CT molecular complexity index is 918. The van der Waals surface area contributed by atoms with Crippen LogP contribution in [0.1, 0.15) is 11.1 Å². The molecule has 0 atom stereocenters. The first-order chi connectivity index (χ1) is 12.9. The molecule has 0 bridgehead atoms. The Balaban J connectivity index is 2.33. The summed E-state index contributed by atoms with van der Waals surface area (Å²) in [6.07, 6.45) is 1.45. The van der Waals surface area contributed by atoms with Crippen molar-refractivity contribution in [2.75, 3.05) is 21.2 Å². The molecule has 140 valence electrons. The molecule has 0 heterocycles. The van der Waals surface area contributed by atoms with Gasteiger partial charge in [0.1, 0.15) is 18.2 Å². The van der Waals surface area contributed by atoms with E-state index in [1.165, 1.54) is 18.1 Å². The highest BCUT2D eigenvalue weighted by molar-refractivity contribution is 6.32. The molecule has 0 unspecified atom stereocenters. The molecule has 2 aromatic rings. The highest BCUT2D eigenvalue weighted by Crippen LogP contribution is 2.37. The van der Waals surface area contributed by atoms with Crippen molar-refractivity contribution in [1.29, 1.82) is 5.26 Å². The summed E-state index contributed by atoms with van der Waals surface area (Å²) < 4.78 is 11.2. The van der Waals surface area contributed by atoms with Gasteiger partial charge >= 0.3 is 0 Å². The molecule has 0 spiro atoms. The van der Waals surface area contributed by atoms with Crippen molar-refractivity contribution in [1.82, 2.24) is 4.90 Å². The lowest BCUT2D eigenvalue weighted by Gasteiger charge is -2.14. The Kier molecular flexibility index (Phi) is 7.12.